The molecule has 0 atom stereocenters. The number of carbonyl (C=O) groups is 3. The van der Waals surface area contributed by atoms with Crippen molar-refractivity contribution in [3.8, 4) is 23.0 Å². The zero-order valence-corrected chi connectivity index (χ0v) is 25.1. The smallest absolute Gasteiger partial charge is 0.315 e. The first kappa shape index (κ1) is 30.8. The van der Waals surface area contributed by atoms with Crippen LogP contribution in [0.4, 0.5) is 5.69 Å². The fraction of sp³-hybridized carbons (Fsp3) is 0.125. The number of ether oxygens (including phenoxy) is 4. The van der Waals surface area contributed by atoms with Crippen LogP contribution >= 0.6 is 15.9 Å². The van der Waals surface area contributed by atoms with Gasteiger partial charge >= 0.3 is 5.97 Å². The van der Waals surface area contributed by atoms with Gasteiger partial charge in [-0.15, -0.1) is 0 Å². The molecule has 11 heteroatoms. The Morgan fingerprint density at radius 1 is 0.767 bits per heavy atom. The van der Waals surface area contributed by atoms with Crippen LogP contribution in [0.5, 0.6) is 23.0 Å². The third-order valence-corrected chi connectivity index (χ3v) is 6.58. The number of carbonyl (C=O) groups excluding carboxylic acids is 3. The second-order valence-corrected chi connectivity index (χ2v) is 9.88. The lowest BCUT2D eigenvalue weighted by Gasteiger charge is -2.14. The Bertz CT molecular complexity index is 1620. The van der Waals surface area contributed by atoms with Crippen LogP contribution in [0.2, 0.25) is 0 Å². The van der Waals surface area contributed by atoms with E-state index in [0.717, 1.165) is 10.0 Å². The summed E-state index contributed by atoms with van der Waals surface area (Å²) >= 11 is 3.40. The highest BCUT2D eigenvalue weighted by atomic mass is 79.9. The second kappa shape index (κ2) is 14.6. The van der Waals surface area contributed by atoms with Gasteiger partial charge < -0.3 is 24.3 Å². The molecule has 4 rings (SSSR count). The lowest BCUT2D eigenvalue weighted by Crippen LogP contribution is -2.18. The fourth-order valence-corrected chi connectivity index (χ4v) is 4.36. The van der Waals surface area contributed by atoms with Gasteiger partial charge in [0.25, 0.3) is 11.8 Å². The van der Waals surface area contributed by atoms with E-state index in [1.54, 1.807) is 42.5 Å². The molecular weight excluding hydrogens is 618 g/mol. The number of hydrogen-bond acceptors (Lipinski definition) is 8. The molecule has 0 radical (unpaired) electrons. The van der Waals surface area contributed by atoms with Gasteiger partial charge in [0.05, 0.1) is 34.0 Å². The topological polar surface area (TPSA) is 125 Å². The zero-order chi connectivity index (χ0) is 30.8. The van der Waals surface area contributed by atoms with Gasteiger partial charge in [0.15, 0.2) is 11.5 Å². The third kappa shape index (κ3) is 8.20. The summed E-state index contributed by atoms with van der Waals surface area (Å²) in [7, 11) is 4.41. The minimum Gasteiger partial charge on any atom is -0.493 e. The number of hydrogen-bond donors (Lipinski definition) is 2. The molecule has 0 saturated heterocycles. The molecule has 4 aromatic carbocycles. The number of rotatable bonds is 11. The molecule has 0 saturated carbocycles. The number of nitrogens with zero attached hydrogens (tertiary/aromatic N) is 1. The van der Waals surface area contributed by atoms with Gasteiger partial charge in [0, 0.05) is 26.9 Å². The first-order valence-corrected chi connectivity index (χ1v) is 13.7. The molecule has 0 bridgehead atoms. The zero-order valence-electron chi connectivity index (χ0n) is 23.6. The molecule has 2 N–H and O–H groups in total. The monoisotopic (exact) mass is 645 g/mol. The van der Waals surface area contributed by atoms with Crippen molar-refractivity contribution >= 4 is 45.6 Å². The lowest BCUT2D eigenvalue weighted by atomic mass is 10.1. The average molecular weight is 646 g/mol. The summed E-state index contributed by atoms with van der Waals surface area (Å²) in [4.78, 5) is 38.0. The van der Waals surface area contributed by atoms with Crippen molar-refractivity contribution in [2.24, 2.45) is 5.10 Å². The van der Waals surface area contributed by atoms with E-state index in [-0.39, 0.29) is 6.42 Å². The van der Waals surface area contributed by atoms with Gasteiger partial charge in [-0.25, -0.2) is 5.43 Å². The molecule has 2 amide bonds. The van der Waals surface area contributed by atoms with E-state index in [1.165, 1.54) is 39.7 Å². The van der Waals surface area contributed by atoms with Crippen molar-refractivity contribution < 1.29 is 33.3 Å². The molecule has 10 nitrogen and oxygen atoms in total. The van der Waals surface area contributed by atoms with E-state index < -0.39 is 17.8 Å². The summed E-state index contributed by atoms with van der Waals surface area (Å²) in [6.07, 6.45) is 1.50. The highest BCUT2D eigenvalue weighted by molar-refractivity contribution is 9.10. The predicted octanol–water partition coefficient (Wildman–Crippen LogP) is 5.64. The molecule has 0 unspecified atom stereocenters. The molecule has 0 aliphatic rings. The van der Waals surface area contributed by atoms with Crippen molar-refractivity contribution in [1.82, 2.24) is 5.43 Å². The Kier molecular flexibility index (Phi) is 10.5. The van der Waals surface area contributed by atoms with Crippen LogP contribution in [0.15, 0.2) is 94.5 Å². The number of anilines is 1. The third-order valence-electron chi connectivity index (χ3n) is 6.09. The Balaban J connectivity index is 1.38. The van der Waals surface area contributed by atoms with Gasteiger partial charge in [-0.05, 0) is 60.2 Å². The molecule has 0 spiro atoms. The van der Waals surface area contributed by atoms with Crippen LogP contribution in [0.25, 0.3) is 0 Å². The number of nitrogens with one attached hydrogen (secondary N) is 2. The van der Waals surface area contributed by atoms with Crippen molar-refractivity contribution in [3.05, 3.63) is 112 Å². The van der Waals surface area contributed by atoms with Crippen LogP contribution in [-0.2, 0) is 11.2 Å². The van der Waals surface area contributed by atoms with Gasteiger partial charge in [-0.3, -0.25) is 14.4 Å². The van der Waals surface area contributed by atoms with Gasteiger partial charge in [0.2, 0.25) is 5.75 Å². The van der Waals surface area contributed by atoms with Crippen LogP contribution < -0.4 is 29.7 Å². The van der Waals surface area contributed by atoms with Crippen molar-refractivity contribution in [2.45, 2.75) is 6.42 Å². The Morgan fingerprint density at radius 2 is 1.44 bits per heavy atom. The summed E-state index contributed by atoms with van der Waals surface area (Å²) in [5, 5.41) is 6.80. The maximum atomic E-state index is 12.9. The molecule has 0 aliphatic heterocycles. The largest absolute Gasteiger partial charge is 0.493 e. The number of amides is 2. The summed E-state index contributed by atoms with van der Waals surface area (Å²) in [5.74, 6) is 0.0604. The highest BCUT2D eigenvalue weighted by Gasteiger charge is 2.17. The van der Waals surface area contributed by atoms with Crippen LogP contribution in [-0.4, -0.2) is 45.3 Å². The number of halogens is 1. The number of hydrazone groups is 1. The van der Waals surface area contributed by atoms with E-state index in [0.29, 0.717) is 45.4 Å². The second-order valence-electron chi connectivity index (χ2n) is 8.96. The van der Waals surface area contributed by atoms with E-state index in [4.69, 9.17) is 18.9 Å². The standard InChI is InChI=1S/C32H28BrN3O7/c1-40-27-17-22(18-28(41-2)30(27)42-3)31(38)35-25-12-9-21(10-13-25)32(39)36-34-19-23-16-24(33)11-14-26(23)43-29(37)15-20-7-5-4-6-8-20/h4-14,16-19H,15H2,1-3H3,(H,35,38)(H,36,39)/b34-19-. The fourth-order valence-electron chi connectivity index (χ4n) is 3.98. The van der Waals surface area contributed by atoms with Crippen molar-refractivity contribution in [1.29, 1.82) is 0 Å². The van der Waals surface area contributed by atoms with Crippen molar-refractivity contribution in [2.75, 3.05) is 26.6 Å². The van der Waals surface area contributed by atoms with E-state index >= 15 is 0 Å². The minimum atomic E-state index is -0.476. The molecule has 0 fully saturated rings. The number of esters is 1. The Morgan fingerprint density at radius 3 is 2.07 bits per heavy atom. The summed E-state index contributed by atoms with van der Waals surface area (Å²) < 4.78 is 22.2. The number of methoxy groups -OCH3 is 3. The maximum Gasteiger partial charge on any atom is 0.315 e. The SMILES string of the molecule is COc1cc(C(=O)Nc2ccc(C(=O)N/N=C\c3cc(Br)ccc3OC(=O)Cc3ccccc3)cc2)cc(OC)c1OC. The van der Waals surface area contributed by atoms with Crippen LogP contribution in [0.3, 0.4) is 0 Å². The summed E-state index contributed by atoms with van der Waals surface area (Å²) in [6.45, 7) is 0. The number of benzene rings is 4. The van der Waals surface area contributed by atoms with Crippen LogP contribution in [0, 0.1) is 0 Å². The van der Waals surface area contributed by atoms with E-state index in [9.17, 15) is 14.4 Å². The quantitative estimate of drug-likeness (QED) is 0.0936. The highest BCUT2D eigenvalue weighted by Crippen LogP contribution is 2.38. The normalized spacial score (nSPS) is 10.6. The molecular formula is C32H28BrN3O7. The van der Waals surface area contributed by atoms with Gasteiger partial charge in [0.1, 0.15) is 5.75 Å². The molecule has 43 heavy (non-hydrogen) atoms. The molecule has 0 heterocycles. The average Bonchev–Trinajstić information content (AvgIpc) is 3.02. The summed E-state index contributed by atoms with van der Waals surface area (Å²) in [5.41, 5.74) is 4.85. The molecule has 0 aliphatic carbocycles. The predicted molar refractivity (Wildman–Crippen MR) is 165 cm³/mol. The van der Waals surface area contributed by atoms with E-state index in [2.05, 4.69) is 31.8 Å². The van der Waals surface area contributed by atoms with Gasteiger partial charge in [-0.1, -0.05) is 46.3 Å². The molecule has 0 aromatic heterocycles. The maximum absolute atomic E-state index is 12.9. The minimum absolute atomic E-state index is 0.114. The summed E-state index contributed by atoms with van der Waals surface area (Å²) in [6, 6.07) is 23.7. The van der Waals surface area contributed by atoms with E-state index in [1.807, 2.05) is 30.3 Å². The lowest BCUT2D eigenvalue weighted by molar-refractivity contribution is -0.133. The Hall–Kier alpha value is -5.16. The molecule has 220 valence electrons. The molecule has 4 aromatic rings. The van der Waals surface area contributed by atoms with Gasteiger partial charge in [-0.2, -0.15) is 5.10 Å². The van der Waals surface area contributed by atoms with Crippen LogP contribution in [0.1, 0.15) is 31.8 Å². The van der Waals surface area contributed by atoms with Crippen molar-refractivity contribution in [3.63, 3.8) is 0 Å². The Labute approximate surface area is 256 Å². The first-order valence-electron chi connectivity index (χ1n) is 12.9. The first-order chi connectivity index (χ1) is 20.8.